The smallest absolute Gasteiger partial charge is 0.307 e. The average Bonchev–Trinajstić information content (AvgIpc) is 2.38. The number of hydrogen-bond donors (Lipinski definition) is 1. The minimum absolute atomic E-state index is 0. The van der Waals surface area contributed by atoms with Crippen LogP contribution in [0.1, 0.15) is 25.8 Å². The second kappa shape index (κ2) is 10.5. The maximum atomic E-state index is 11.0. The monoisotopic (exact) mass is 298 g/mol. The van der Waals surface area contributed by atoms with Gasteiger partial charge in [-0.25, -0.2) is 0 Å². The molecule has 0 amide bonds. The first-order valence-electron chi connectivity index (χ1n) is 6.60. The molecule has 0 bridgehead atoms. The van der Waals surface area contributed by atoms with Gasteiger partial charge in [0, 0.05) is 0 Å². The van der Waals surface area contributed by atoms with Gasteiger partial charge in [0.15, 0.2) is 0 Å². The van der Waals surface area contributed by atoms with Crippen LogP contribution in [-0.4, -0.2) is 17.7 Å². The summed E-state index contributed by atoms with van der Waals surface area (Å²) in [6, 6.07) is 9.97. The van der Waals surface area contributed by atoms with Gasteiger partial charge in [0.2, 0.25) is 0 Å². The minimum Gasteiger partial charge on any atom is -0.481 e. The highest BCUT2D eigenvalue weighted by atomic mass is 35.5. The normalized spacial score (nSPS) is 12.3. The van der Waals surface area contributed by atoms with E-state index in [9.17, 15) is 4.79 Å². The highest BCUT2D eigenvalue weighted by Gasteiger charge is 2.19. The van der Waals surface area contributed by atoms with Crippen molar-refractivity contribution in [3.63, 3.8) is 0 Å². The van der Waals surface area contributed by atoms with E-state index in [4.69, 9.17) is 9.84 Å². The molecule has 0 aromatic heterocycles. The number of rotatable bonds is 8. The van der Waals surface area contributed by atoms with Crippen LogP contribution in [0.2, 0.25) is 0 Å². The van der Waals surface area contributed by atoms with Crippen molar-refractivity contribution >= 4 is 18.4 Å². The second-order valence-electron chi connectivity index (χ2n) is 4.90. The predicted octanol–water partition coefficient (Wildman–Crippen LogP) is 3.93. The van der Waals surface area contributed by atoms with Crippen molar-refractivity contribution in [2.24, 2.45) is 11.8 Å². The standard InChI is InChI=1S/C16H22O3.ClH/c1-13(2)15(16(17)18)10-6-7-11-19-12-14-8-4-3-5-9-14;/h3-9,13,15H,10-12H2,1-2H3,(H,17,18);1H/t15-;/m0./s1. The first kappa shape index (κ1) is 18.7. The molecular formula is C16H23ClO3. The zero-order valence-corrected chi connectivity index (χ0v) is 12.8. The predicted molar refractivity (Wildman–Crippen MR) is 83.1 cm³/mol. The van der Waals surface area contributed by atoms with Gasteiger partial charge < -0.3 is 9.84 Å². The van der Waals surface area contributed by atoms with Crippen molar-refractivity contribution in [2.45, 2.75) is 26.9 Å². The fourth-order valence-corrected chi connectivity index (χ4v) is 1.79. The Morgan fingerprint density at radius 3 is 2.45 bits per heavy atom. The number of carboxylic acids is 1. The van der Waals surface area contributed by atoms with Gasteiger partial charge in [0.25, 0.3) is 0 Å². The van der Waals surface area contributed by atoms with Crippen LogP contribution in [0.5, 0.6) is 0 Å². The molecule has 1 atom stereocenters. The van der Waals surface area contributed by atoms with Crippen LogP contribution in [0, 0.1) is 11.8 Å². The zero-order chi connectivity index (χ0) is 14.1. The lowest BCUT2D eigenvalue weighted by Crippen LogP contribution is -2.18. The second-order valence-corrected chi connectivity index (χ2v) is 4.90. The molecule has 1 aromatic carbocycles. The molecule has 1 aromatic rings. The third kappa shape index (κ3) is 7.31. The van der Waals surface area contributed by atoms with Crippen LogP contribution in [0.4, 0.5) is 0 Å². The third-order valence-electron chi connectivity index (χ3n) is 3.00. The molecule has 0 saturated carbocycles. The molecule has 20 heavy (non-hydrogen) atoms. The molecule has 0 unspecified atom stereocenters. The molecule has 0 aliphatic carbocycles. The van der Waals surface area contributed by atoms with Gasteiger partial charge in [-0.2, -0.15) is 0 Å². The maximum Gasteiger partial charge on any atom is 0.307 e. The van der Waals surface area contributed by atoms with Gasteiger partial charge in [-0.05, 0) is 17.9 Å². The summed E-state index contributed by atoms with van der Waals surface area (Å²) in [4.78, 5) is 11.0. The Hall–Kier alpha value is -1.32. The van der Waals surface area contributed by atoms with Gasteiger partial charge in [-0.3, -0.25) is 4.79 Å². The lowest BCUT2D eigenvalue weighted by Gasteiger charge is -2.13. The topological polar surface area (TPSA) is 46.5 Å². The van der Waals surface area contributed by atoms with Crippen molar-refractivity contribution in [3.05, 3.63) is 48.0 Å². The van der Waals surface area contributed by atoms with Gasteiger partial charge >= 0.3 is 5.97 Å². The number of benzene rings is 1. The van der Waals surface area contributed by atoms with E-state index >= 15 is 0 Å². The molecule has 3 nitrogen and oxygen atoms in total. The molecule has 1 rings (SSSR count). The highest BCUT2D eigenvalue weighted by molar-refractivity contribution is 5.85. The van der Waals surface area contributed by atoms with Crippen LogP contribution in [0.15, 0.2) is 42.5 Å². The van der Waals surface area contributed by atoms with Crippen molar-refractivity contribution in [1.29, 1.82) is 0 Å². The Morgan fingerprint density at radius 2 is 1.90 bits per heavy atom. The van der Waals surface area contributed by atoms with Gasteiger partial charge in [-0.1, -0.05) is 56.3 Å². The maximum absolute atomic E-state index is 11.0. The molecule has 0 heterocycles. The molecule has 0 fully saturated rings. The summed E-state index contributed by atoms with van der Waals surface area (Å²) in [6.07, 6.45) is 4.34. The number of halogens is 1. The summed E-state index contributed by atoms with van der Waals surface area (Å²) in [5.41, 5.74) is 1.14. The molecule has 0 aliphatic rings. The number of carboxylic acid groups (broad SMARTS) is 1. The lowest BCUT2D eigenvalue weighted by molar-refractivity contribution is -0.143. The largest absolute Gasteiger partial charge is 0.481 e. The highest BCUT2D eigenvalue weighted by Crippen LogP contribution is 2.15. The molecular weight excluding hydrogens is 276 g/mol. The van der Waals surface area contributed by atoms with Crippen LogP contribution >= 0.6 is 12.4 Å². The third-order valence-corrected chi connectivity index (χ3v) is 3.00. The Balaban J connectivity index is 0.00000361. The Kier molecular flexibility index (Phi) is 9.77. The van der Waals surface area contributed by atoms with Crippen molar-refractivity contribution < 1.29 is 14.6 Å². The number of carbonyl (C=O) groups is 1. The van der Waals surface area contributed by atoms with Crippen molar-refractivity contribution in [1.82, 2.24) is 0 Å². The van der Waals surface area contributed by atoms with Crippen molar-refractivity contribution in [2.75, 3.05) is 6.61 Å². The van der Waals surface area contributed by atoms with Gasteiger partial charge in [-0.15, -0.1) is 12.4 Å². The first-order chi connectivity index (χ1) is 9.11. The average molecular weight is 299 g/mol. The molecule has 0 saturated heterocycles. The number of hydrogen-bond acceptors (Lipinski definition) is 2. The van der Waals surface area contributed by atoms with E-state index in [1.807, 2.05) is 56.3 Å². The Labute approximate surface area is 127 Å². The number of ether oxygens (including phenoxy) is 1. The van der Waals surface area contributed by atoms with Crippen LogP contribution in [0.3, 0.4) is 0 Å². The molecule has 0 radical (unpaired) electrons. The van der Waals surface area contributed by atoms with E-state index in [1.165, 1.54) is 0 Å². The van der Waals surface area contributed by atoms with Crippen molar-refractivity contribution in [3.8, 4) is 0 Å². The van der Waals surface area contributed by atoms with E-state index in [-0.39, 0.29) is 24.2 Å². The van der Waals surface area contributed by atoms with Crippen LogP contribution < -0.4 is 0 Å². The molecule has 112 valence electrons. The number of aliphatic carboxylic acids is 1. The summed E-state index contributed by atoms with van der Waals surface area (Å²) >= 11 is 0. The fraction of sp³-hybridized carbons (Fsp3) is 0.438. The van der Waals surface area contributed by atoms with E-state index in [0.29, 0.717) is 19.6 Å². The van der Waals surface area contributed by atoms with E-state index < -0.39 is 5.97 Å². The first-order valence-corrected chi connectivity index (χ1v) is 6.60. The molecule has 0 spiro atoms. The Bertz CT molecular complexity index is 401. The van der Waals surface area contributed by atoms with Gasteiger partial charge in [0.1, 0.15) is 0 Å². The van der Waals surface area contributed by atoms with E-state index in [1.54, 1.807) is 0 Å². The number of allylic oxidation sites excluding steroid dienone is 1. The van der Waals surface area contributed by atoms with Gasteiger partial charge in [0.05, 0.1) is 19.1 Å². The summed E-state index contributed by atoms with van der Waals surface area (Å²) in [5.74, 6) is -0.900. The summed E-state index contributed by atoms with van der Waals surface area (Å²) in [7, 11) is 0. The fourth-order valence-electron chi connectivity index (χ4n) is 1.79. The van der Waals surface area contributed by atoms with E-state index in [0.717, 1.165) is 5.56 Å². The Morgan fingerprint density at radius 1 is 1.25 bits per heavy atom. The zero-order valence-electron chi connectivity index (χ0n) is 12.0. The molecule has 4 heteroatoms. The summed E-state index contributed by atoms with van der Waals surface area (Å²) in [6.45, 7) is 4.95. The minimum atomic E-state index is -0.732. The quantitative estimate of drug-likeness (QED) is 0.584. The molecule has 1 N–H and O–H groups in total. The molecule has 0 aliphatic heterocycles. The van der Waals surface area contributed by atoms with E-state index in [2.05, 4.69) is 0 Å². The SMILES string of the molecule is CC(C)[C@H](CC=CCOCc1ccccc1)C(=O)O.Cl. The summed E-state index contributed by atoms with van der Waals surface area (Å²) in [5, 5.41) is 9.03. The summed E-state index contributed by atoms with van der Waals surface area (Å²) < 4.78 is 5.49. The van der Waals surface area contributed by atoms with Crippen LogP contribution in [0.25, 0.3) is 0 Å². The lowest BCUT2D eigenvalue weighted by atomic mass is 9.93. The van der Waals surface area contributed by atoms with Crippen LogP contribution in [-0.2, 0) is 16.1 Å².